The molecule has 1 saturated heterocycles. The van der Waals surface area contributed by atoms with Crippen molar-refractivity contribution in [3.05, 3.63) is 34.1 Å². The third-order valence-corrected chi connectivity index (χ3v) is 4.55. The molecule has 0 radical (unpaired) electrons. The molecule has 2 rings (SSSR count). The molecule has 0 spiro atoms. The number of hydrogen-bond donors (Lipinski definition) is 1. The molecule has 0 bridgehead atoms. The Bertz CT molecular complexity index is 425. The summed E-state index contributed by atoms with van der Waals surface area (Å²) in [5.74, 6) is 0.525. The molecule has 19 heavy (non-hydrogen) atoms. The van der Waals surface area contributed by atoms with Crippen LogP contribution in [0.1, 0.15) is 31.4 Å². The van der Waals surface area contributed by atoms with Gasteiger partial charge in [-0.05, 0) is 63.5 Å². The van der Waals surface area contributed by atoms with Crippen molar-refractivity contribution in [3.63, 3.8) is 0 Å². The SMILES string of the molecule is CC(NCC1CCCN(C)C1)c1ccc(F)cc1Br. The molecule has 2 atom stereocenters. The van der Waals surface area contributed by atoms with Crippen molar-refractivity contribution in [1.82, 2.24) is 10.2 Å². The van der Waals surface area contributed by atoms with Crippen LogP contribution in [-0.4, -0.2) is 31.6 Å². The third-order valence-electron chi connectivity index (χ3n) is 3.86. The summed E-state index contributed by atoms with van der Waals surface area (Å²) in [4.78, 5) is 2.40. The second kappa shape index (κ2) is 6.82. The molecule has 2 nitrogen and oxygen atoms in total. The predicted molar refractivity (Wildman–Crippen MR) is 80.7 cm³/mol. The van der Waals surface area contributed by atoms with Crippen LogP contribution in [0.3, 0.4) is 0 Å². The fraction of sp³-hybridized carbons (Fsp3) is 0.600. The van der Waals surface area contributed by atoms with Gasteiger partial charge in [-0.15, -0.1) is 0 Å². The highest BCUT2D eigenvalue weighted by Crippen LogP contribution is 2.24. The fourth-order valence-electron chi connectivity index (χ4n) is 2.75. The number of likely N-dealkylation sites (tertiary alicyclic amines) is 1. The number of hydrogen-bond acceptors (Lipinski definition) is 2. The van der Waals surface area contributed by atoms with Gasteiger partial charge in [-0.2, -0.15) is 0 Å². The molecule has 1 aliphatic heterocycles. The van der Waals surface area contributed by atoms with Crippen LogP contribution in [0.15, 0.2) is 22.7 Å². The van der Waals surface area contributed by atoms with E-state index in [4.69, 9.17) is 0 Å². The molecule has 1 aromatic carbocycles. The Morgan fingerprint density at radius 2 is 2.32 bits per heavy atom. The van der Waals surface area contributed by atoms with Gasteiger partial charge in [-0.1, -0.05) is 22.0 Å². The van der Waals surface area contributed by atoms with E-state index in [1.807, 2.05) is 6.07 Å². The average molecular weight is 329 g/mol. The van der Waals surface area contributed by atoms with Gasteiger partial charge in [0.05, 0.1) is 0 Å². The lowest BCUT2D eigenvalue weighted by Gasteiger charge is -2.30. The van der Waals surface area contributed by atoms with Gasteiger partial charge >= 0.3 is 0 Å². The molecule has 4 heteroatoms. The minimum absolute atomic E-state index is 0.197. The van der Waals surface area contributed by atoms with Crippen LogP contribution in [-0.2, 0) is 0 Å². The smallest absolute Gasteiger partial charge is 0.124 e. The van der Waals surface area contributed by atoms with Crippen LogP contribution >= 0.6 is 15.9 Å². The van der Waals surface area contributed by atoms with Gasteiger partial charge in [0.25, 0.3) is 0 Å². The van der Waals surface area contributed by atoms with Crippen molar-refractivity contribution in [2.24, 2.45) is 5.92 Å². The van der Waals surface area contributed by atoms with Crippen molar-refractivity contribution in [2.45, 2.75) is 25.8 Å². The number of rotatable bonds is 4. The number of halogens is 2. The number of nitrogens with one attached hydrogen (secondary N) is 1. The number of piperidine rings is 1. The Morgan fingerprint density at radius 1 is 1.53 bits per heavy atom. The van der Waals surface area contributed by atoms with Crippen LogP contribution in [0, 0.1) is 11.7 Å². The minimum Gasteiger partial charge on any atom is -0.310 e. The Balaban J connectivity index is 1.88. The summed E-state index contributed by atoms with van der Waals surface area (Å²) in [7, 11) is 2.19. The first kappa shape index (κ1) is 14.9. The van der Waals surface area contributed by atoms with Gasteiger partial charge in [0.2, 0.25) is 0 Å². The summed E-state index contributed by atoms with van der Waals surface area (Å²) in [6.45, 7) is 5.54. The molecule has 2 unspecified atom stereocenters. The van der Waals surface area contributed by atoms with E-state index in [-0.39, 0.29) is 11.9 Å². The number of benzene rings is 1. The summed E-state index contributed by atoms with van der Waals surface area (Å²) < 4.78 is 13.9. The molecule has 0 aliphatic carbocycles. The van der Waals surface area contributed by atoms with Crippen LogP contribution in [0.2, 0.25) is 0 Å². The predicted octanol–water partition coefficient (Wildman–Crippen LogP) is 3.58. The normalized spacial score (nSPS) is 22.4. The molecular weight excluding hydrogens is 307 g/mol. The highest BCUT2D eigenvalue weighted by Gasteiger charge is 2.18. The van der Waals surface area contributed by atoms with Gasteiger partial charge < -0.3 is 10.2 Å². The molecule has 0 amide bonds. The van der Waals surface area contributed by atoms with E-state index in [0.29, 0.717) is 0 Å². The lowest BCUT2D eigenvalue weighted by Crippen LogP contribution is -2.38. The van der Waals surface area contributed by atoms with Gasteiger partial charge in [0.15, 0.2) is 0 Å². The van der Waals surface area contributed by atoms with E-state index in [1.165, 1.54) is 38.1 Å². The zero-order valence-electron chi connectivity index (χ0n) is 11.6. The van der Waals surface area contributed by atoms with E-state index >= 15 is 0 Å². The first-order chi connectivity index (χ1) is 9.06. The molecule has 1 aliphatic rings. The Hall–Kier alpha value is -0.450. The van der Waals surface area contributed by atoms with Gasteiger partial charge in [0, 0.05) is 17.1 Å². The summed E-state index contributed by atoms with van der Waals surface area (Å²) >= 11 is 3.44. The lowest BCUT2D eigenvalue weighted by atomic mass is 9.97. The summed E-state index contributed by atoms with van der Waals surface area (Å²) in [6, 6.07) is 5.14. The van der Waals surface area contributed by atoms with Crippen LogP contribution in [0.25, 0.3) is 0 Å². The maximum atomic E-state index is 13.1. The molecular formula is C15H22BrFN2. The quantitative estimate of drug-likeness (QED) is 0.908. The van der Waals surface area contributed by atoms with Crippen molar-refractivity contribution < 1.29 is 4.39 Å². The summed E-state index contributed by atoms with van der Waals surface area (Å²) in [5.41, 5.74) is 1.12. The van der Waals surface area contributed by atoms with Crippen molar-refractivity contribution in [1.29, 1.82) is 0 Å². The maximum Gasteiger partial charge on any atom is 0.124 e. The molecule has 1 heterocycles. The molecule has 1 N–H and O–H groups in total. The standard InChI is InChI=1S/C15H22BrFN2/c1-11(14-6-5-13(17)8-15(14)16)18-9-12-4-3-7-19(2)10-12/h5-6,8,11-12,18H,3-4,7,9-10H2,1-2H3. The molecule has 106 valence electrons. The molecule has 0 saturated carbocycles. The second-order valence-corrected chi connectivity index (χ2v) is 6.42. The topological polar surface area (TPSA) is 15.3 Å². The molecule has 1 aromatic rings. The van der Waals surface area contributed by atoms with Crippen LogP contribution in [0.4, 0.5) is 4.39 Å². The molecule has 0 aromatic heterocycles. The maximum absolute atomic E-state index is 13.1. The Labute approximate surface area is 123 Å². The Morgan fingerprint density at radius 3 is 3.00 bits per heavy atom. The molecule has 1 fully saturated rings. The van der Waals surface area contributed by atoms with Crippen molar-refractivity contribution in [3.8, 4) is 0 Å². The first-order valence-corrected chi connectivity index (χ1v) is 7.72. The van der Waals surface area contributed by atoms with Crippen molar-refractivity contribution >= 4 is 15.9 Å². The van der Waals surface area contributed by atoms with Gasteiger partial charge in [0.1, 0.15) is 5.82 Å². The number of nitrogens with zero attached hydrogens (tertiary/aromatic N) is 1. The summed E-state index contributed by atoms with van der Waals surface area (Å²) in [5, 5.41) is 3.57. The van der Waals surface area contributed by atoms with E-state index < -0.39 is 0 Å². The Kier molecular flexibility index (Phi) is 5.37. The monoisotopic (exact) mass is 328 g/mol. The van der Waals surface area contributed by atoms with Crippen molar-refractivity contribution in [2.75, 3.05) is 26.7 Å². The highest BCUT2D eigenvalue weighted by atomic mass is 79.9. The second-order valence-electron chi connectivity index (χ2n) is 5.57. The van der Waals surface area contributed by atoms with Crippen LogP contribution < -0.4 is 5.32 Å². The van der Waals surface area contributed by atoms with E-state index in [0.717, 1.165) is 22.5 Å². The van der Waals surface area contributed by atoms with Gasteiger partial charge in [-0.3, -0.25) is 0 Å². The highest BCUT2D eigenvalue weighted by molar-refractivity contribution is 9.10. The van der Waals surface area contributed by atoms with Crippen LogP contribution in [0.5, 0.6) is 0 Å². The minimum atomic E-state index is -0.197. The zero-order chi connectivity index (χ0) is 13.8. The average Bonchev–Trinajstić information content (AvgIpc) is 2.36. The van der Waals surface area contributed by atoms with E-state index in [2.05, 4.69) is 40.1 Å². The summed E-state index contributed by atoms with van der Waals surface area (Å²) in [6.07, 6.45) is 2.59. The zero-order valence-corrected chi connectivity index (χ0v) is 13.2. The third kappa shape index (κ3) is 4.26. The largest absolute Gasteiger partial charge is 0.310 e. The van der Waals surface area contributed by atoms with E-state index in [9.17, 15) is 4.39 Å². The first-order valence-electron chi connectivity index (χ1n) is 6.93. The lowest BCUT2D eigenvalue weighted by molar-refractivity contribution is 0.203. The van der Waals surface area contributed by atoms with E-state index in [1.54, 1.807) is 0 Å². The van der Waals surface area contributed by atoms with Gasteiger partial charge in [-0.25, -0.2) is 4.39 Å². The fourth-order valence-corrected chi connectivity index (χ4v) is 3.44.